The molecule has 1 N–H and O–H groups in total. The van der Waals surface area contributed by atoms with Gasteiger partial charge in [0.1, 0.15) is 0 Å². The molecule has 0 aromatic heterocycles. The minimum absolute atomic E-state index is 0.0435. The fraction of sp³-hybridized carbons (Fsp3) is 0.903. The van der Waals surface area contributed by atoms with E-state index in [0.717, 1.165) is 24.2 Å². The molecule has 10 atom stereocenters. The molecular weight excluding hydrogens is 402 g/mol. The van der Waals surface area contributed by atoms with Crippen LogP contribution in [0.1, 0.15) is 106 Å². The van der Waals surface area contributed by atoms with Crippen LogP contribution >= 0.6 is 0 Å². The summed E-state index contributed by atoms with van der Waals surface area (Å²) in [5.74, 6) is 3.62. The minimum Gasteiger partial charge on any atom is -0.393 e. The van der Waals surface area contributed by atoms with Crippen LogP contribution in [-0.2, 0) is 0 Å². The van der Waals surface area contributed by atoms with Crippen LogP contribution < -0.4 is 0 Å². The highest BCUT2D eigenvalue weighted by atomic mass is 16.3. The van der Waals surface area contributed by atoms with Crippen molar-refractivity contribution in [2.75, 3.05) is 7.05 Å². The zero-order valence-electron chi connectivity index (χ0n) is 22.7. The Balaban J connectivity index is 1.56. The van der Waals surface area contributed by atoms with Crippen molar-refractivity contribution in [3.63, 3.8) is 0 Å². The van der Waals surface area contributed by atoms with Crippen molar-refractivity contribution < 1.29 is 5.11 Å². The normalized spacial score (nSPS) is 55.4. The first-order valence-electron chi connectivity index (χ1n) is 14.1. The fourth-order valence-corrected chi connectivity index (χ4v) is 11.7. The molecule has 0 heterocycles. The van der Waals surface area contributed by atoms with E-state index in [1.807, 2.05) is 7.05 Å². The second-order valence-corrected chi connectivity index (χ2v) is 14.7. The zero-order valence-corrected chi connectivity index (χ0v) is 22.7. The van der Waals surface area contributed by atoms with Gasteiger partial charge in [-0.25, -0.2) is 0 Å². The molecule has 5 rings (SSSR count). The van der Waals surface area contributed by atoms with Gasteiger partial charge in [0, 0.05) is 18.7 Å². The first-order chi connectivity index (χ1) is 15.4. The van der Waals surface area contributed by atoms with Gasteiger partial charge in [0.2, 0.25) is 0 Å². The predicted octanol–water partition coefficient (Wildman–Crippen LogP) is 7.71. The van der Waals surface area contributed by atoms with Crippen LogP contribution in [-0.4, -0.2) is 24.5 Å². The second-order valence-electron chi connectivity index (χ2n) is 14.7. The lowest BCUT2D eigenvalue weighted by Crippen LogP contribution is -2.66. The number of fused-ring (bicyclic) bond motifs is 7. The Morgan fingerprint density at radius 3 is 2.24 bits per heavy atom. The molecule has 0 spiro atoms. The maximum Gasteiger partial charge on any atom is 0.0594 e. The average molecular weight is 454 g/mol. The van der Waals surface area contributed by atoms with E-state index < -0.39 is 0 Å². The first-order valence-corrected chi connectivity index (χ1v) is 14.1. The second kappa shape index (κ2) is 7.44. The summed E-state index contributed by atoms with van der Waals surface area (Å²) in [6, 6.07) is 0. The molecule has 0 aromatic rings. The SMILES string of the molecule is C=C(C)[C@@H]1CC[C@]2(C=NC)CC[C@]3(C)C(CCC4[C@@]5(C)CC[C@H](O)C(C)(C)C5CC[C@]43C)C12. The van der Waals surface area contributed by atoms with Crippen LogP contribution in [0.25, 0.3) is 0 Å². The maximum atomic E-state index is 10.9. The Morgan fingerprint density at radius 1 is 0.848 bits per heavy atom. The smallest absolute Gasteiger partial charge is 0.0594 e. The Hall–Kier alpha value is -0.630. The van der Waals surface area contributed by atoms with Gasteiger partial charge in [0.05, 0.1) is 6.10 Å². The van der Waals surface area contributed by atoms with Gasteiger partial charge in [0.25, 0.3) is 0 Å². The number of rotatable bonds is 2. The molecule has 4 unspecified atom stereocenters. The van der Waals surface area contributed by atoms with E-state index in [0.29, 0.717) is 33.5 Å². The summed E-state index contributed by atoms with van der Waals surface area (Å²) in [7, 11) is 1.99. The lowest BCUT2D eigenvalue weighted by Gasteiger charge is -2.72. The molecule has 186 valence electrons. The Kier molecular flexibility index (Phi) is 5.43. The van der Waals surface area contributed by atoms with E-state index in [1.165, 1.54) is 63.4 Å². The number of aliphatic hydroxyl groups is 1. The van der Waals surface area contributed by atoms with Crippen molar-refractivity contribution in [2.24, 2.45) is 61.7 Å². The monoisotopic (exact) mass is 453 g/mol. The minimum atomic E-state index is -0.134. The Morgan fingerprint density at radius 2 is 1.58 bits per heavy atom. The van der Waals surface area contributed by atoms with Crippen LogP contribution in [0.4, 0.5) is 0 Å². The molecule has 5 fully saturated rings. The standard InChI is InChI=1S/C31H51NO/c1-20(2)21-11-16-31(19-32-8)18-17-29(6)22(26(21)31)9-10-24-28(5)14-13-25(33)27(3,4)23(28)12-15-30(24,29)7/h19,21-26,33H,1,9-18H2,2-8H3/t21-,22?,23?,24?,25-,26?,28-,29+,30+,31+/m0/s1. The summed E-state index contributed by atoms with van der Waals surface area (Å²) in [5.41, 5.74) is 2.94. The van der Waals surface area contributed by atoms with Crippen molar-refractivity contribution in [1.82, 2.24) is 0 Å². The van der Waals surface area contributed by atoms with Crippen molar-refractivity contribution in [3.8, 4) is 0 Å². The molecule has 2 heteroatoms. The maximum absolute atomic E-state index is 10.9. The third-order valence-corrected chi connectivity index (χ3v) is 13.5. The molecule has 0 aliphatic heterocycles. The van der Waals surface area contributed by atoms with E-state index in [1.54, 1.807) is 0 Å². The summed E-state index contributed by atoms with van der Waals surface area (Å²) in [5, 5.41) is 10.9. The van der Waals surface area contributed by atoms with Gasteiger partial charge < -0.3 is 10.1 Å². The molecule has 33 heavy (non-hydrogen) atoms. The fourth-order valence-electron chi connectivity index (χ4n) is 11.7. The van der Waals surface area contributed by atoms with Gasteiger partial charge in [-0.1, -0.05) is 46.8 Å². The van der Waals surface area contributed by atoms with Crippen LogP contribution in [0.15, 0.2) is 17.1 Å². The quantitative estimate of drug-likeness (QED) is 0.337. The highest BCUT2D eigenvalue weighted by molar-refractivity contribution is 5.67. The predicted molar refractivity (Wildman–Crippen MR) is 139 cm³/mol. The van der Waals surface area contributed by atoms with Gasteiger partial charge in [-0.15, -0.1) is 0 Å². The van der Waals surface area contributed by atoms with E-state index >= 15 is 0 Å². The van der Waals surface area contributed by atoms with Gasteiger partial charge in [-0.05, 0) is 122 Å². The summed E-state index contributed by atoms with van der Waals surface area (Å²) in [6.07, 6.45) is 15.2. The molecule has 0 aromatic carbocycles. The third-order valence-electron chi connectivity index (χ3n) is 13.5. The number of aliphatic hydroxyl groups excluding tert-OH is 1. The zero-order chi connectivity index (χ0) is 24.0. The molecule has 5 aliphatic carbocycles. The van der Waals surface area contributed by atoms with E-state index in [-0.39, 0.29) is 11.5 Å². The highest BCUT2D eigenvalue weighted by Gasteiger charge is 2.70. The largest absolute Gasteiger partial charge is 0.393 e. The van der Waals surface area contributed by atoms with Gasteiger partial charge in [-0.2, -0.15) is 0 Å². The first kappa shape index (κ1) is 24.1. The average Bonchev–Trinajstić information content (AvgIpc) is 3.12. The lowest BCUT2D eigenvalue weighted by molar-refractivity contribution is -0.243. The molecule has 0 bridgehead atoms. The van der Waals surface area contributed by atoms with E-state index in [9.17, 15) is 5.11 Å². The van der Waals surface area contributed by atoms with Crippen LogP contribution in [0.2, 0.25) is 0 Å². The summed E-state index contributed by atoms with van der Waals surface area (Å²) in [4.78, 5) is 4.66. The topological polar surface area (TPSA) is 32.6 Å². The molecule has 2 nitrogen and oxygen atoms in total. The van der Waals surface area contributed by atoms with Crippen LogP contribution in [0.3, 0.4) is 0 Å². The van der Waals surface area contributed by atoms with Crippen molar-refractivity contribution in [1.29, 1.82) is 0 Å². The van der Waals surface area contributed by atoms with Gasteiger partial charge >= 0.3 is 0 Å². The number of allylic oxidation sites excluding steroid dienone is 1. The van der Waals surface area contributed by atoms with Gasteiger partial charge in [0.15, 0.2) is 0 Å². The molecule has 0 saturated heterocycles. The number of nitrogens with zero attached hydrogens (tertiary/aromatic N) is 1. The van der Waals surface area contributed by atoms with Crippen molar-refractivity contribution in [3.05, 3.63) is 12.2 Å². The molecule has 0 radical (unpaired) electrons. The molecule has 0 amide bonds. The number of hydrogen-bond acceptors (Lipinski definition) is 2. The van der Waals surface area contributed by atoms with Gasteiger partial charge in [-0.3, -0.25) is 0 Å². The van der Waals surface area contributed by atoms with Crippen LogP contribution in [0.5, 0.6) is 0 Å². The Labute approximate surface area is 204 Å². The van der Waals surface area contributed by atoms with Crippen molar-refractivity contribution >= 4 is 6.21 Å². The number of aliphatic imine (C=N–C) groups is 1. The highest BCUT2D eigenvalue weighted by Crippen LogP contribution is 2.77. The molecular formula is C31H51NO. The number of hydrogen-bond donors (Lipinski definition) is 1. The Bertz CT molecular complexity index is 844. The van der Waals surface area contributed by atoms with Crippen molar-refractivity contribution in [2.45, 2.75) is 112 Å². The molecule has 5 saturated carbocycles. The van der Waals surface area contributed by atoms with E-state index in [4.69, 9.17) is 0 Å². The summed E-state index contributed by atoms with van der Waals surface area (Å²) < 4.78 is 0. The molecule has 5 aliphatic rings. The summed E-state index contributed by atoms with van der Waals surface area (Å²) in [6.45, 7) is 19.6. The third kappa shape index (κ3) is 2.91. The summed E-state index contributed by atoms with van der Waals surface area (Å²) >= 11 is 0. The van der Waals surface area contributed by atoms with E-state index in [2.05, 4.69) is 59.3 Å². The van der Waals surface area contributed by atoms with Crippen LogP contribution in [0, 0.1) is 56.7 Å². The lowest BCUT2D eigenvalue weighted by atomic mass is 9.32.